The zero-order valence-corrected chi connectivity index (χ0v) is 14.4. The second-order valence-corrected chi connectivity index (χ2v) is 7.54. The van der Waals surface area contributed by atoms with Gasteiger partial charge in [0.05, 0.1) is 0 Å². The van der Waals surface area contributed by atoms with E-state index >= 15 is 0 Å². The summed E-state index contributed by atoms with van der Waals surface area (Å²) in [6.45, 7) is 9.40. The molecule has 2 atom stereocenters. The number of benzene rings is 1. The van der Waals surface area contributed by atoms with E-state index < -0.39 is 5.60 Å². The van der Waals surface area contributed by atoms with Crippen molar-refractivity contribution in [3.63, 3.8) is 0 Å². The van der Waals surface area contributed by atoms with Gasteiger partial charge in [0.1, 0.15) is 11.4 Å². The molecule has 0 spiro atoms. The number of carbonyl (C=O) groups excluding carboxylic acids is 1. The first-order valence-electron chi connectivity index (χ1n) is 8.10. The van der Waals surface area contributed by atoms with E-state index in [2.05, 4.69) is 6.92 Å². The van der Waals surface area contributed by atoms with Crippen LogP contribution < -0.4 is 5.73 Å². The summed E-state index contributed by atoms with van der Waals surface area (Å²) in [5.41, 5.74) is 6.28. The van der Waals surface area contributed by atoms with Gasteiger partial charge in [-0.25, -0.2) is 9.18 Å². The van der Waals surface area contributed by atoms with Crippen molar-refractivity contribution in [1.29, 1.82) is 0 Å². The Bertz CT molecular complexity index is 553. The smallest absolute Gasteiger partial charge is 0.410 e. The van der Waals surface area contributed by atoms with Crippen LogP contribution in [0.5, 0.6) is 0 Å². The zero-order valence-electron chi connectivity index (χ0n) is 14.4. The third kappa shape index (κ3) is 4.02. The molecule has 0 radical (unpaired) electrons. The summed E-state index contributed by atoms with van der Waals surface area (Å²) in [5.74, 6) is -0.0274. The number of hydrogen-bond donors (Lipinski definition) is 1. The molecular formula is C18H27FN2O2. The van der Waals surface area contributed by atoms with Crippen LogP contribution in [0.1, 0.15) is 39.7 Å². The molecular weight excluding hydrogens is 295 g/mol. The summed E-state index contributed by atoms with van der Waals surface area (Å²) in [6.07, 6.45) is 0.586. The molecule has 0 aliphatic carbocycles. The number of amides is 1. The van der Waals surface area contributed by atoms with E-state index in [1.807, 2.05) is 20.8 Å². The maximum Gasteiger partial charge on any atom is 0.410 e. The zero-order chi connectivity index (χ0) is 17.3. The molecule has 0 saturated carbocycles. The van der Waals surface area contributed by atoms with Gasteiger partial charge in [0, 0.05) is 25.0 Å². The fraction of sp³-hybridized carbons (Fsp3) is 0.611. The second-order valence-electron chi connectivity index (χ2n) is 7.54. The molecule has 2 rings (SSSR count). The molecule has 1 heterocycles. The van der Waals surface area contributed by atoms with Crippen LogP contribution in [0.2, 0.25) is 0 Å². The van der Waals surface area contributed by atoms with Gasteiger partial charge in [-0.05, 0) is 50.8 Å². The maximum atomic E-state index is 13.2. The number of halogens is 1. The lowest BCUT2D eigenvalue weighted by Crippen LogP contribution is -2.42. The molecule has 1 aromatic carbocycles. The topological polar surface area (TPSA) is 55.6 Å². The highest BCUT2D eigenvalue weighted by atomic mass is 19.1. The lowest BCUT2D eigenvalue weighted by molar-refractivity contribution is 0.0282. The Morgan fingerprint density at radius 3 is 2.43 bits per heavy atom. The third-order valence-electron chi connectivity index (χ3n) is 4.67. The molecule has 23 heavy (non-hydrogen) atoms. The number of likely N-dealkylation sites (tertiary alicyclic amines) is 1. The molecule has 2 unspecified atom stereocenters. The predicted molar refractivity (Wildman–Crippen MR) is 88.7 cm³/mol. The Balaban J connectivity index is 2.12. The normalized spacial score (nSPS) is 21.1. The molecule has 4 nitrogen and oxygen atoms in total. The molecule has 0 aromatic heterocycles. The lowest BCUT2D eigenvalue weighted by atomic mass is 9.71. The quantitative estimate of drug-likeness (QED) is 0.929. The molecule has 5 heteroatoms. The molecule has 2 N–H and O–H groups in total. The number of hydrogen-bond acceptors (Lipinski definition) is 3. The summed E-state index contributed by atoms with van der Waals surface area (Å²) in [5, 5.41) is 0. The average molecular weight is 322 g/mol. The van der Waals surface area contributed by atoms with Crippen LogP contribution in [0.15, 0.2) is 24.3 Å². The minimum atomic E-state index is -0.497. The number of ether oxygens (including phenoxy) is 1. The highest BCUT2D eigenvalue weighted by Crippen LogP contribution is 2.37. The highest BCUT2D eigenvalue weighted by Gasteiger charge is 2.41. The summed E-state index contributed by atoms with van der Waals surface area (Å²) in [4.78, 5) is 14.0. The minimum Gasteiger partial charge on any atom is -0.444 e. The van der Waals surface area contributed by atoms with Crippen LogP contribution in [-0.2, 0) is 10.2 Å². The van der Waals surface area contributed by atoms with E-state index in [1.165, 1.54) is 12.1 Å². The number of nitrogens with two attached hydrogens (primary N) is 1. The Morgan fingerprint density at radius 1 is 1.30 bits per heavy atom. The van der Waals surface area contributed by atoms with Crippen LogP contribution in [0, 0.1) is 11.7 Å². The van der Waals surface area contributed by atoms with Crippen molar-refractivity contribution in [2.24, 2.45) is 11.7 Å². The molecule has 0 bridgehead atoms. The van der Waals surface area contributed by atoms with E-state index in [0.29, 0.717) is 19.6 Å². The van der Waals surface area contributed by atoms with E-state index in [0.717, 1.165) is 12.0 Å². The van der Waals surface area contributed by atoms with Gasteiger partial charge in [-0.15, -0.1) is 0 Å². The van der Waals surface area contributed by atoms with Crippen molar-refractivity contribution in [2.75, 3.05) is 19.6 Å². The van der Waals surface area contributed by atoms with Gasteiger partial charge < -0.3 is 15.4 Å². The Morgan fingerprint density at radius 2 is 1.91 bits per heavy atom. The van der Waals surface area contributed by atoms with Gasteiger partial charge in [0.2, 0.25) is 0 Å². The largest absolute Gasteiger partial charge is 0.444 e. The number of nitrogens with zero attached hydrogens (tertiary/aromatic N) is 1. The van der Waals surface area contributed by atoms with Crippen LogP contribution in [-0.4, -0.2) is 36.2 Å². The van der Waals surface area contributed by atoms with Gasteiger partial charge in [-0.2, -0.15) is 0 Å². The fourth-order valence-corrected chi connectivity index (χ4v) is 3.12. The molecule has 128 valence electrons. The van der Waals surface area contributed by atoms with Gasteiger partial charge in [-0.1, -0.05) is 19.1 Å². The fourth-order valence-electron chi connectivity index (χ4n) is 3.12. The van der Waals surface area contributed by atoms with E-state index in [9.17, 15) is 9.18 Å². The Kier molecular flexibility index (Phi) is 4.99. The van der Waals surface area contributed by atoms with Gasteiger partial charge in [0.15, 0.2) is 0 Å². The lowest BCUT2D eigenvalue weighted by Gasteiger charge is -2.35. The van der Waals surface area contributed by atoms with Crippen molar-refractivity contribution < 1.29 is 13.9 Å². The number of carbonyl (C=O) groups is 1. The van der Waals surface area contributed by atoms with Crippen LogP contribution in [0.25, 0.3) is 0 Å². The van der Waals surface area contributed by atoms with Crippen LogP contribution >= 0.6 is 0 Å². The van der Waals surface area contributed by atoms with E-state index in [1.54, 1.807) is 17.0 Å². The van der Waals surface area contributed by atoms with Crippen molar-refractivity contribution in [3.8, 4) is 0 Å². The van der Waals surface area contributed by atoms with E-state index in [4.69, 9.17) is 10.5 Å². The van der Waals surface area contributed by atoms with Crippen LogP contribution in [0.3, 0.4) is 0 Å². The van der Waals surface area contributed by atoms with Gasteiger partial charge in [0.25, 0.3) is 0 Å². The number of rotatable bonds is 3. The van der Waals surface area contributed by atoms with Crippen molar-refractivity contribution in [3.05, 3.63) is 35.6 Å². The van der Waals surface area contributed by atoms with Gasteiger partial charge >= 0.3 is 6.09 Å². The SMILES string of the molecule is CC(C)(C)OC(=O)N1CCC(C(C)(CN)c2ccc(F)cc2)C1. The molecule has 1 aliphatic heterocycles. The maximum absolute atomic E-state index is 13.2. The molecule has 1 aromatic rings. The Hall–Kier alpha value is -1.62. The minimum absolute atomic E-state index is 0.227. The highest BCUT2D eigenvalue weighted by molar-refractivity contribution is 5.68. The van der Waals surface area contributed by atoms with Gasteiger partial charge in [-0.3, -0.25) is 0 Å². The molecule has 1 amide bonds. The first kappa shape index (κ1) is 17.7. The first-order valence-corrected chi connectivity index (χ1v) is 8.10. The molecule has 1 aliphatic rings. The summed E-state index contributed by atoms with van der Waals surface area (Å²) >= 11 is 0. The summed E-state index contributed by atoms with van der Waals surface area (Å²) in [6, 6.07) is 6.50. The van der Waals surface area contributed by atoms with Crippen molar-refractivity contribution in [1.82, 2.24) is 4.90 Å². The monoisotopic (exact) mass is 322 g/mol. The predicted octanol–water partition coefficient (Wildman–Crippen LogP) is 3.30. The van der Waals surface area contributed by atoms with Crippen LogP contribution in [0.4, 0.5) is 9.18 Å². The third-order valence-corrected chi connectivity index (χ3v) is 4.67. The second kappa shape index (κ2) is 6.48. The van der Waals surface area contributed by atoms with E-state index in [-0.39, 0.29) is 23.2 Å². The Labute approximate surface area is 137 Å². The standard InChI is InChI=1S/C18H27FN2O2/c1-17(2,3)23-16(22)21-10-9-14(11-21)18(4,12-20)13-5-7-15(19)8-6-13/h5-8,14H,9-12,20H2,1-4H3. The summed E-state index contributed by atoms with van der Waals surface area (Å²) in [7, 11) is 0. The first-order chi connectivity index (χ1) is 10.7. The molecule has 1 fully saturated rings. The average Bonchev–Trinajstić information content (AvgIpc) is 2.96. The molecule has 1 saturated heterocycles. The van der Waals surface area contributed by atoms with Crippen molar-refractivity contribution >= 4 is 6.09 Å². The summed E-state index contributed by atoms with van der Waals surface area (Å²) < 4.78 is 18.6. The van der Waals surface area contributed by atoms with Crippen molar-refractivity contribution in [2.45, 2.75) is 45.1 Å².